The number of aromatic nitrogens is 1. The third-order valence-corrected chi connectivity index (χ3v) is 7.43. The quantitative estimate of drug-likeness (QED) is 0.234. The van der Waals surface area contributed by atoms with Crippen LogP contribution in [0.2, 0.25) is 0 Å². The molecule has 2 aromatic carbocycles. The van der Waals surface area contributed by atoms with E-state index in [9.17, 15) is 18.8 Å². The van der Waals surface area contributed by atoms with Crippen molar-refractivity contribution in [3.8, 4) is 16.2 Å². The normalized spacial score (nSPS) is 18.2. The first-order chi connectivity index (χ1) is 18.7. The first-order valence-corrected chi connectivity index (χ1v) is 13.5. The Hall–Kier alpha value is -3.67. The van der Waals surface area contributed by atoms with Crippen LogP contribution in [0.1, 0.15) is 53.8 Å². The molecular formula is C28H28FN3O6S. The van der Waals surface area contributed by atoms with Crippen LogP contribution < -0.4 is 15.0 Å². The molecule has 0 saturated carbocycles. The predicted molar refractivity (Wildman–Crippen MR) is 144 cm³/mol. The number of amides is 1. The maximum absolute atomic E-state index is 14.9. The molecule has 1 aromatic heterocycles. The van der Waals surface area contributed by atoms with Gasteiger partial charge in [-0.1, -0.05) is 23.5 Å². The Balaban J connectivity index is 1.25. The van der Waals surface area contributed by atoms with Crippen molar-refractivity contribution in [3.05, 3.63) is 59.5 Å². The molecule has 204 valence electrons. The summed E-state index contributed by atoms with van der Waals surface area (Å²) in [5, 5.41) is 2.98. The zero-order valence-electron chi connectivity index (χ0n) is 21.6. The molecule has 9 nitrogen and oxygen atoms in total. The van der Waals surface area contributed by atoms with Crippen LogP contribution in [0, 0.1) is 5.82 Å². The molecule has 1 unspecified atom stereocenters. The molecule has 39 heavy (non-hydrogen) atoms. The molecule has 3 aromatic rings. The van der Waals surface area contributed by atoms with E-state index in [1.54, 1.807) is 20.0 Å². The number of hydrogen-bond acceptors (Lipinski definition) is 9. The molecule has 1 N–H and O–H groups in total. The molecule has 0 aliphatic carbocycles. The first kappa shape index (κ1) is 26.9. The second-order valence-corrected chi connectivity index (χ2v) is 10.9. The summed E-state index contributed by atoms with van der Waals surface area (Å²) in [6.45, 7) is 5.68. The molecule has 0 spiro atoms. The Morgan fingerprint density at radius 1 is 1.26 bits per heavy atom. The van der Waals surface area contributed by atoms with Crippen molar-refractivity contribution in [1.29, 1.82) is 0 Å². The fraction of sp³-hybridized carbons (Fsp3) is 0.357. The number of aldehydes is 1. The van der Waals surface area contributed by atoms with Crippen LogP contribution >= 0.6 is 11.3 Å². The van der Waals surface area contributed by atoms with Crippen LogP contribution in [0.3, 0.4) is 0 Å². The van der Waals surface area contributed by atoms with E-state index in [4.69, 9.17) is 14.2 Å². The standard InChI is InChI=1S/C28H28FN3O6S/c1-28(2)36-16-21(38-28)13-24(34)37-25-19(15-33)10-18(12-22(25)29)26(35)31-27-30-14-23(39-27)17-6-5-7-20(11-17)32-8-3-4-9-32/h5-7,10-12,14-15,21H,3-4,8-9,13,16H2,1-2H3,(H,30,31,35). The summed E-state index contributed by atoms with van der Waals surface area (Å²) < 4.78 is 31.0. The monoisotopic (exact) mass is 553 g/mol. The molecule has 0 radical (unpaired) electrons. The molecule has 2 saturated heterocycles. The molecule has 0 bridgehead atoms. The van der Waals surface area contributed by atoms with E-state index in [1.165, 1.54) is 30.2 Å². The van der Waals surface area contributed by atoms with Crippen molar-refractivity contribution < 1.29 is 33.0 Å². The van der Waals surface area contributed by atoms with Crippen LogP contribution in [-0.2, 0) is 14.3 Å². The molecule has 2 fully saturated rings. The summed E-state index contributed by atoms with van der Waals surface area (Å²) in [5.74, 6) is -3.82. The SMILES string of the molecule is CC1(C)OCC(CC(=O)Oc2c(F)cc(C(=O)Nc3ncc(-c4cccc(N5CCCC5)c4)s3)cc2C=O)O1. The number of anilines is 2. The maximum Gasteiger partial charge on any atom is 0.314 e. The predicted octanol–water partition coefficient (Wildman–Crippen LogP) is 5.06. The molecular weight excluding hydrogens is 525 g/mol. The lowest BCUT2D eigenvalue weighted by Gasteiger charge is -2.18. The number of hydrogen-bond donors (Lipinski definition) is 1. The van der Waals surface area contributed by atoms with Crippen molar-refractivity contribution in [2.75, 3.05) is 29.9 Å². The number of carbonyl (C=O) groups is 3. The van der Waals surface area contributed by atoms with Gasteiger partial charge in [0.05, 0.1) is 29.6 Å². The number of halogens is 1. The summed E-state index contributed by atoms with van der Waals surface area (Å²) in [6.07, 6.45) is 3.63. The summed E-state index contributed by atoms with van der Waals surface area (Å²) in [5.41, 5.74) is 1.75. The number of nitrogens with one attached hydrogen (secondary N) is 1. The number of benzene rings is 2. The Kier molecular flexibility index (Phi) is 7.74. The third-order valence-electron chi connectivity index (χ3n) is 6.47. The van der Waals surface area contributed by atoms with Gasteiger partial charge in [-0.05, 0) is 56.5 Å². The van der Waals surface area contributed by atoms with Gasteiger partial charge in [0.1, 0.15) is 0 Å². The summed E-state index contributed by atoms with van der Waals surface area (Å²) >= 11 is 1.28. The van der Waals surface area contributed by atoms with Gasteiger partial charge in [-0.2, -0.15) is 0 Å². The zero-order valence-corrected chi connectivity index (χ0v) is 22.4. The van der Waals surface area contributed by atoms with Crippen LogP contribution in [-0.4, -0.2) is 54.7 Å². The summed E-state index contributed by atoms with van der Waals surface area (Å²) in [4.78, 5) is 44.4. The second kappa shape index (κ2) is 11.2. The van der Waals surface area contributed by atoms with Gasteiger partial charge in [0, 0.05) is 30.5 Å². The molecule has 5 rings (SSSR count). The highest BCUT2D eigenvalue weighted by molar-refractivity contribution is 7.19. The Labute approximate surface area is 228 Å². The van der Waals surface area contributed by atoms with E-state index in [-0.39, 0.29) is 24.2 Å². The lowest BCUT2D eigenvalue weighted by atomic mass is 10.1. The van der Waals surface area contributed by atoms with Crippen molar-refractivity contribution in [3.63, 3.8) is 0 Å². The minimum Gasteiger partial charge on any atom is -0.423 e. The van der Waals surface area contributed by atoms with E-state index in [0.717, 1.165) is 35.3 Å². The van der Waals surface area contributed by atoms with Crippen LogP contribution in [0.25, 0.3) is 10.4 Å². The van der Waals surface area contributed by atoms with Gasteiger partial charge in [-0.3, -0.25) is 19.7 Å². The molecule has 11 heteroatoms. The van der Waals surface area contributed by atoms with Gasteiger partial charge in [-0.25, -0.2) is 9.37 Å². The highest BCUT2D eigenvalue weighted by atomic mass is 32.1. The van der Waals surface area contributed by atoms with Crippen LogP contribution in [0.5, 0.6) is 5.75 Å². The first-order valence-electron chi connectivity index (χ1n) is 12.6. The van der Waals surface area contributed by atoms with E-state index in [0.29, 0.717) is 11.4 Å². The average molecular weight is 554 g/mol. The van der Waals surface area contributed by atoms with Gasteiger partial charge < -0.3 is 19.1 Å². The zero-order chi connectivity index (χ0) is 27.6. The highest BCUT2D eigenvalue weighted by Crippen LogP contribution is 2.33. The minimum atomic E-state index is -1.01. The molecule has 2 aliphatic heterocycles. The lowest BCUT2D eigenvalue weighted by molar-refractivity contribution is -0.148. The van der Waals surface area contributed by atoms with E-state index >= 15 is 0 Å². The highest BCUT2D eigenvalue weighted by Gasteiger charge is 2.34. The number of thiazole rings is 1. The van der Waals surface area contributed by atoms with E-state index in [1.807, 2.05) is 12.1 Å². The van der Waals surface area contributed by atoms with E-state index < -0.39 is 35.3 Å². The van der Waals surface area contributed by atoms with Crippen LogP contribution in [0.4, 0.5) is 15.2 Å². The smallest absolute Gasteiger partial charge is 0.314 e. The largest absolute Gasteiger partial charge is 0.423 e. The fourth-order valence-electron chi connectivity index (χ4n) is 4.61. The summed E-state index contributed by atoms with van der Waals surface area (Å²) in [7, 11) is 0. The summed E-state index contributed by atoms with van der Waals surface area (Å²) in [6, 6.07) is 10.2. The molecule has 3 heterocycles. The Morgan fingerprint density at radius 3 is 2.77 bits per heavy atom. The Bertz CT molecular complexity index is 1400. The van der Waals surface area contributed by atoms with Gasteiger partial charge >= 0.3 is 5.97 Å². The van der Waals surface area contributed by atoms with Gasteiger partial charge in [0.25, 0.3) is 5.91 Å². The topological polar surface area (TPSA) is 107 Å². The molecule has 1 amide bonds. The number of nitrogens with zero attached hydrogens (tertiary/aromatic N) is 2. The van der Waals surface area contributed by atoms with Gasteiger partial charge in [0.15, 0.2) is 28.8 Å². The fourth-order valence-corrected chi connectivity index (χ4v) is 5.42. The van der Waals surface area contributed by atoms with Crippen molar-refractivity contribution in [2.45, 2.75) is 45.0 Å². The number of ether oxygens (including phenoxy) is 3. The minimum absolute atomic E-state index is 0.114. The Morgan fingerprint density at radius 2 is 2.05 bits per heavy atom. The molecule has 2 aliphatic rings. The van der Waals surface area contributed by atoms with Gasteiger partial charge in [0.2, 0.25) is 0 Å². The third kappa shape index (κ3) is 6.32. The van der Waals surface area contributed by atoms with E-state index in [2.05, 4.69) is 27.3 Å². The van der Waals surface area contributed by atoms with Crippen molar-refractivity contribution in [2.24, 2.45) is 0 Å². The molecule has 1 atom stereocenters. The van der Waals surface area contributed by atoms with Crippen molar-refractivity contribution in [1.82, 2.24) is 4.98 Å². The van der Waals surface area contributed by atoms with Crippen LogP contribution in [0.15, 0.2) is 42.6 Å². The number of rotatable bonds is 8. The number of esters is 1. The maximum atomic E-state index is 14.9. The number of carbonyl (C=O) groups excluding carboxylic acids is 3. The second-order valence-electron chi connectivity index (χ2n) is 9.85. The average Bonchev–Trinajstić information content (AvgIpc) is 3.67. The lowest BCUT2D eigenvalue weighted by Crippen LogP contribution is -2.24. The van der Waals surface area contributed by atoms with Gasteiger partial charge in [-0.15, -0.1) is 0 Å². The van der Waals surface area contributed by atoms with Crippen molar-refractivity contribution >= 4 is 40.3 Å².